The fourth-order valence-corrected chi connectivity index (χ4v) is 1.70. The highest BCUT2D eigenvalue weighted by Crippen LogP contribution is 2.12. The molecule has 0 aromatic rings. The molecule has 0 radical (unpaired) electrons. The minimum Gasteiger partial charge on any atom is -0.295 e. The van der Waals surface area contributed by atoms with Crippen LogP contribution in [0.15, 0.2) is 35.5 Å². The van der Waals surface area contributed by atoms with E-state index in [-0.39, 0.29) is 5.78 Å². The highest BCUT2D eigenvalue weighted by Gasteiger charge is 1.95. The van der Waals surface area contributed by atoms with E-state index in [2.05, 4.69) is 33.8 Å². The minimum absolute atomic E-state index is 0.0988. The smallest absolute Gasteiger partial charge is 0.152 e. The van der Waals surface area contributed by atoms with Gasteiger partial charge in [0.05, 0.1) is 0 Å². The third-order valence-corrected chi connectivity index (χ3v) is 2.47. The molecule has 0 heterocycles. The van der Waals surface area contributed by atoms with Crippen molar-refractivity contribution < 1.29 is 4.79 Å². The monoisotopic (exact) mass is 234 g/mol. The summed E-state index contributed by atoms with van der Waals surface area (Å²) in [7, 11) is 0. The summed E-state index contributed by atoms with van der Waals surface area (Å²) in [6.45, 7) is 10.4. The predicted molar refractivity (Wildman–Crippen MR) is 76.0 cm³/mol. The molecule has 0 aliphatic carbocycles. The standard InChI is InChI=1S/C16H26O/c1-13(2)12-15(4)10-6-8-14(3)9-7-11-16(5)17/h7,9-11,13H,6,8,12H2,1-5H3. The molecule has 0 amide bonds. The van der Waals surface area contributed by atoms with Crippen molar-refractivity contribution in [1.29, 1.82) is 0 Å². The Kier molecular flexibility index (Phi) is 8.39. The Labute approximate surface area is 106 Å². The van der Waals surface area contributed by atoms with Gasteiger partial charge in [-0.3, -0.25) is 4.79 Å². The lowest BCUT2D eigenvalue weighted by Crippen LogP contribution is -1.88. The van der Waals surface area contributed by atoms with Gasteiger partial charge in [0.15, 0.2) is 5.78 Å². The van der Waals surface area contributed by atoms with Crippen LogP contribution in [0.2, 0.25) is 0 Å². The first-order valence-electron chi connectivity index (χ1n) is 6.42. The molecule has 17 heavy (non-hydrogen) atoms. The lowest BCUT2D eigenvalue weighted by Gasteiger charge is -2.04. The second-order valence-electron chi connectivity index (χ2n) is 5.17. The summed E-state index contributed by atoms with van der Waals surface area (Å²) >= 11 is 0. The van der Waals surface area contributed by atoms with Crippen molar-refractivity contribution in [2.24, 2.45) is 5.92 Å². The molecule has 1 nitrogen and oxygen atoms in total. The number of carbonyl (C=O) groups excluding carboxylic acids is 1. The zero-order valence-corrected chi connectivity index (χ0v) is 11.9. The summed E-state index contributed by atoms with van der Waals surface area (Å²) in [5.41, 5.74) is 2.79. The molecule has 0 saturated heterocycles. The van der Waals surface area contributed by atoms with Gasteiger partial charge in [0.25, 0.3) is 0 Å². The van der Waals surface area contributed by atoms with Gasteiger partial charge < -0.3 is 0 Å². The van der Waals surface area contributed by atoms with Gasteiger partial charge in [-0.15, -0.1) is 0 Å². The topological polar surface area (TPSA) is 17.1 Å². The SMILES string of the molecule is CC(=O)C=CC=C(C)CCC=C(C)CC(C)C. The van der Waals surface area contributed by atoms with Crippen LogP contribution in [-0.2, 0) is 4.79 Å². The van der Waals surface area contributed by atoms with E-state index in [1.165, 1.54) is 17.6 Å². The number of allylic oxidation sites excluding steroid dienone is 6. The molecule has 0 atom stereocenters. The normalized spacial score (nSPS) is 13.8. The molecule has 0 aliphatic rings. The lowest BCUT2D eigenvalue weighted by atomic mass is 10.0. The van der Waals surface area contributed by atoms with Crippen LogP contribution in [0.25, 0.3) is 0 Å². The zero-order valence-electron chi connectivity index (χ0n) is 11.9. The second kappa shape index (κ2) is 8.98. The van der Waals surface area contributed by atoms with E-state index in [0.29, 0.717) is 0 Å². The van der Waals surface area contributed by atoms with Gasteiger partial charge in [0.1, 0.15) is 0 Å². The van der Waals surface area contributed by atoms with E-state index in [9.17, 15) is 4.79 Å². The van der Waals surface area contributed by atoms with Crippen LogP contribution in [-0.4, -0.2) is 5.78 Å². The maximum absolute atomic E-state index is 10.7. The van der Waals surface area contributed by atoms with Crippen LogP contribution in [0.4, 0.5) is 0 Å². The first kappa shape index (κ1) is 15.9. The largest absolute Gasteiger partial charge is 0.295 e. The van der Waals surface area contributed by atoms with E-state index >= 15 is 0 Å². The molecule has 0 rings (SSSR count). The molecule has 96 valence electrons. The highest BCUT2D eigenvalue weighted by molar-refractivity contribution is 5.87. The van der Waals surface area contributed by atoms with Crippen molar-refractivity contribution in [3.63, 3.8) is 0 Å². The average molecular weight is 234 g/mol. The van der Waals surface area contributed by atoms with Crippen molar-refractivity contribution in [3.8, 4) is 0 Å². The molecule has 0 bridgehead atoms. The van der Waals surface area contributed by atoms with Crippen LogP contribution < -0.4 is 0 Å². The lowest BCUT2D eigenvalue weighted by molar-refractivity contribution is -0.112. The van der Waals surface area contributed by atoms with Crippen LogP contribution in [0, 0.1) is 5.92 Å². The number of rotatable bonds is 7. The molecule has 1 heteroatoms. The van der Waals surface area contributed by atoms with E-state index < -0.39 is 0 Å². The van der Waals surface area contributed by atoms with Gasteiger partial charge in [-0.2, -0.15) is 0 Å². The maximum Gasteiger partial charge on any atom is 0.152 e. The van der Waals surface area contributed by atoms with Crippen molar-refractivity contribution in [3.05, 3.63) is 35.5 Å². The minimum atomic E-state index is 0.0988. The number of hydrogen-bond acceptors (Lipinski definition) is 1. The highest BCUT2D eigenvalue weighted by atomic mass is 16.1. The van der Waals surface area contributed by atoms with E-state index in [1.54, 1.807) is 13.0 Å². The fraction of sp³-hybridized carbons (Fsp3) is 0.562. The molecule has 0 unspecified atom stereocenters. The van der Waals surface area contributed by atoms with Crippen LogP contribution in [0.1, 0.15) is 53.9 Å². The molecule has 0 saturated carbocycles. The molecular formula is C16H26O. The Morgan fingerprint density at radius 3 is 2.29 bits per heavy atom. The molecule has 0 spiro atoms. The maximum atomic E-state index is 10.7. The fourth-order valence-electron chi connectivity index (χ4n) is 1.70. The third-order valence-electron chi connectivity index (χ3n) is 2.47. The van der Waals surface area contributed by atoms with Gasteiger partial charge >= 0.3 is 0 Å². The number of hydrogen-bond donors (Lipinski definition) is 0. The summed E-state index contributed by atoms with van der Waals surface area (Å²) < 4.78 is 0. The summed E-state index contributed by atoms with van der Waals surface area (Å²) in [6.07, 6.45) is 11.1. The van der Waals surface area contributed by atoms with Crippen molar-refractivity contribution in [2.75, 3.05) is 0 Å². The van der Waals surface area contributed by atoms with Crippen molar-refractivity contribution in [2.45, 2.75) is 53.9 Å². The molecule has 0 aliphatic heterocycles. The summed E-state index contributed by atoms with van der Waals surface area (Å²) in [5, 5.41) is 0. The molecular weight excluding hydrogens is 208 g/mol. The van der Waals surface area contributed by atoms with Gasteiger partial charge in [-0.25, -0.2) is 0 Å². The van der Waals surface area contributed by atoms with Crippen molar-refractivity contribution >= 4 is 5.78 Å². The average Bonchev–Trinajstić information content (AvgIpc) is 2.15. The first-order valence-corrected chi connectivity index (χ1v) is 6.42. The predicted octanol–water partition coefficient (Wildman–Crippen LogP) is 4.85. The summed E-state index contributed by atoms with van der Waals surface area (Å²) in [5.74, 6) is 0.836. The van der Waals surface area contributed by atoms with Crippen LogP contribution in [0.5, 0.6) is 0 Å². The first-order chi connectivity index (χ1) is 7.91. The van der Waals surface area contributed by atoms with Crippen molar-refractivity contribution in [1.82, 2.24) is 0 Å². The summed E-state index contributed by atoms with van der Waals surface area (Å²) in [4.78, 5) is 10.7. The Morgan fingerprint density at radius 2 is 1.76 bits per heavy atom. The molecule has 0 aromatic carbocycles. The molecule has 0 N–H and O–H groups in total. The Bertz CT molecular complexity index is 316. The van der Waals surface area contributed by atoms with Gasteiger partial charge in [0, 0.05) is 0 Å². The zero-order chi connectivity index (χ0) is 13.3. The second-order valence-corrected chi connectivity index (χ2v) is 5.17. The quantitative estimate of drug-likeness (QED) is 0.349. The van der Waals surface area contributed by atoms with Gasteiger partial charge in [0.2, 0.25) is 0 Å². The Morgan fingerprint density at radius 1 is 1.12 bits per heavy atom. The molecule has 0 aromatic heterocycles. The number of carbonyl (C=O) groups is 1. The van der Waals surface area contributed by atoms with E-state index in [1.807, 2.05) is 12.2 Å². The van der Waals surface area contributed by atoms with E-state index in [4.69, 9.17) is 0 Å². The van der Waals surface area contributed by atoms with Gasteiger partial charge in [-0.05, 0) is 52.0 Å². The number of ketones is 1. The Balaban J connectivity index is 3.99. The Hall–Kier alpha value is -1.11. The molecule has 0 fully saturated rings. The summed E-state index contributed by atoms with van der Waals surface area (Å²) in [6, 6.07) is 0. The third kappa shape index (κ3) is 11.2. The van der Waals surface area contributed by atoms with Crippen LogP contribution >= 0.6 is 0 Å². The van der Waals surface area contributed by atoms with E-state index in [0.717, 1.165) is 18.8 Å². The van der Waals surface area contributed by atoms with Crippen LogP contribution in [0.3, 0.4) is 0 Å². The van der Waals surface area contributed by atoms with Gasteiger partial charge in [-0.1, -0.05) is 43.2 Å².